The number of rotatable bonds is 3. The fourth-order valence-electron chi connectivity index (χ4n) is 1.67. The van der Waals surface area contributed by atoms with Crippen LogP contribution in [0.5, 0.6) is 0 Å². The molecule has 1 fully saturated rings. The summed E-state index contributed by atoms with van der Waals surface area (Å²) >= 11 is 0. The molecule has 0 radical (unpaired) electrons. The highest BCUT2D eigenvalue weighted by Gasteiger charge is 2.32. The van der Waals surface area contributed by atoms with Crippen LogP contribution in [0.15, 0.2) is 23.0 Å². The summed E-state index contributed by atoms with van der Waals surface area (Å²) in [6.45, 7) is 2.11. The van der Waals surface area contributed by atoms with Crippen molar-refractivity contribution in [3.05, 3.63) is 24.2 Å². The number of carbonyl (C=O) groups excluding carboxylic acids is 1. The minimum atomic E-state index is 0.0538. The van der Waals surface area contributed by atoms with E-state index in [4.69, 9.17) is 4.42 Å². The van der Waals surface area contributed by atoms with Gasteiger partial charge in [-0.25, -0.2) is 0 Å². The zero-order chi connectivity index (χ0) is 10.1. The van der Waals surface area contributed by atoms with E-state index < -0.39 is 0 Å². The fourth-order valence-corrected chi connectivity index (χ4v) is 1.67. The maximum Gasteiger partial charge on any atom is 0.257 e. The third-order valence-corrected chi connectivity index (χ3v) is 3.00. The number of amides is 1. The van der Waals surface area contributed by atoms with Gasteiger partial charge in [-0.2, -0.15) is 0 Å². The first-order chi connectivity index (χ1) is 6.70. The van der Waals surface area contributed by atoms with Crippen molar-refractivity contribution >= 4 is 5.91 Å². The van der Waals surface area contributed by atoms with Gasteiger partial charge < -0.3 is 9.32 Å². The maximum atomic E-state index is 11.8. The van der Waals surface area contributed by atoms with E-state index in [-0.39, 0.29) is 5.91 Å². The average Bonchev–Trinajstić information content (AvgIpc) is 2.90. The van der Waals surface area contributed by atoms with Gasteiger partial charge in [-0.05, 0) is 31.7 Å². The molecule has 1 unspecified atom stereocenters. The van der Waals surface area contributed by atoms with Crippen molar-refractivity contribution in [1.29, 1.82) is 0 Å². The van der Waals surface area contributed by atoms with Crippen LogP contribution in [0, 0.1) is 5.92 Å². The molecule has 1 aliphatic carbocycles. The Hall–Kier alpha value is -1.25. The summed E-state index contributed by atoms with van der Waals surface area (Å²) in [7, 11) is 1.86. The predicted octanol–water partition coefficient (Wildman–Crippen LogP) is 2.15. The Kier molecular flexibility index (Phi) is 2.32. The summed E-state index contributed by atoms with van der Waals surface area (Å²) < 4.78 is 4.89. The molecule has 14 heavy (non-hydrogen) atoms. The minimum Gasteiger partial charge on any atom is -0.472 e. The maximum absolute atomic E-state index is 11.8. The van der Waals surface area contributed by atoms with E-state index in [1.54, 1.807) is 6.07 Å². The molecule has 76 valence electrons. The molecule has 1 aliphatic rings. The van der Waals surface area contributed by atoms with E-state index in [0.29, 0.717) is 17.5 Å². The van der Waals surface area contributed by atoms with Crippen LogP contribution < -0.4 is 0 Å². The quantitative estimate of drug-likeness (QED) is 0.737. The number of nitrogens with zero attached hydrogens (tertiary/aromatic N) is 1. The van der Waals surface area contributed by atoms with Gasteiger partial charge in [-0.3, -0.25) is 4.79 Å². The van der Waals surface area contributed by atoms with Crippen LogP contribution in [0.2, 0.25) is 0 Å². The highest BCUT2D eigenvalue weighted by atomic mass is 16.3. The topological polar surface area (TPSA) is 33.5 Å². The van der Waals surface area contributed by atoms with Crippen molar-refractivity contribution in [2.24, 2.45) is 5.92 Å². The van der Waals surface area contributed by atoms with Gasteiger partial charge in [0, 0.05) is 13.1 Å². The molecule has 1 atom stereocenters. The number of furan rings is 1. The summed E-state index contributed by atoms with van der Waals surface area (Å²) in [5.41, 5.74) is 0.639. The van der Waals surface area contributed by atoms with Crippen LogP contribution in [0.1, 0.15) is 30.1 Å². The van der Waals surface area contributed by atoms with Crippen molar-refractivity contribution in [2.75, 3.05) is 7.05 Å². The molecule has 1 saturated carbocycles. The van der Waals surface area contributed by atoms with Gasteiger partial charge in [0.15, 0.2) is 0 Å². The Bertz CT molecular complexity index is 314. The van der Waals surface area contributed by atoms with Gasteiger partial charge in [-0.1, -0.05) is 0 Å². The molecule has 2 rings (SSSR count). The van der Waals surface area contributed by atoms with Crippen LogP contribution in [-0.4, -0.2) is 23.9 Å². The van der Waals surface area contributed by atoms with E-state index >= 15 is 0 Å². The predicted molar refractivity (Wildman–Crippen MR) is 53.0 cm³/mol. The molecule has 0 aromatic carbocycles. The van der Waals surface area contributed by atoms with Crippen molar-refractivity contribution in [3.63, 3.8) is 0 Å². The lowest BCUT2D eigenvalue weighted by molar-refractivity contribution is 0.0726. The van der Waals surface area contributed by atoms with Crippen molar-refractivity contribution in [1.82, 2.24) is 4.90 Å². The van der Waals surface area contributed by atoms with Crippen LogP contribution in [-0.2, 0) is 0 Å². The third kappa shape index (κ3) is 1.67. The molecule has 3 nitrogen and oxygen atoms in total. The lowest BCUT2D eigenvalue weighted by Gasteiger charge is -2.24. The summed E-state index contributed by atoms with van der Waals surface area (Å²) in [6, 6.07) is 2.05. The van der Waals surface area contributed by atoms with Gasteiger partial charge >= 0.3 is 0 Å². The summed E-state index contributed by atoms with van der Waals surface area (Å²) in [4.78, 5) is 13.7. The molecule has 0 spiro atoms. The van der Waals surface area contributed by atoms with Gasteiger partial charge in [0.25, 0.3) is 5.91 Å². The molecule has 0 N–H and O–H groups in total. The van der Waals surface area contributed by atoms with Crippen LogP contribution in [0.4, 0.5) is 0 Å². The number of carbonyl (C=O) groups is 1. The molecule has 3 heteroatoms. The Morgan fingerprint density at radius 1 is 1.64 bits per heavy atom. The van der Waals surface area contributed by atoms with Crippen molar-refractivity contribution in [3.8, 4) is 0 Å². The molecular formula is C11H15NO2. The van der Waals surface area contributed by atoms with E-state index in [0.717, 1.165) is 0 Å². The van der Waals surface area contributed by atoms with E-state index in [9.17, 15) is 4.79 Å². The van der Waals surface area contributed by atoms with Crippen molar-refractivity contribution in [2.45, 2.75) is 25.8 Å². The normalized spacial score (nSPS) is 17.9. The monoisotopic (exact) mass is 193 g/mol. The van der Waals surface area contributed by atoms with Gasteiger partial charge in [0.1, 0.15) is 6.26 Å². The second-order valence-electron chi connectivity index (χ2n) is 4.01. The molecular weight excluding hydrogens is 178 g/mol. The van der Waals surface area contributed by atoms with E-state index in [1.807, 2.05) is 11.9 Å². The highest BCUT2D eigenvalue weighted by Crippen LogP contribution is 2.35. The van der Waals surface area contributed by atoms with Crippen molar-refractivity contribution < 1.29 is 9.21 Å². The Labute approximate surface area is 83.7 Å². The van der Waals surface area contributed by atoms with Crippen LogP contribution >= 0.6 is 0 Å². The van der Waals surface area contributed by atoms with Gasteiger partial charge in [0.05, 0.1) is 11.8 Å². The summed E-state index contributed by atoms with van der Waals surface area (Å²) in [5, 5.41) is 0. The standard InChI is InChI=1S/C11H15NO2/c1-8(9-3-4-9)12(2)11(13)10-5-6-14-7-10/h5-9H,3-4H2,1-2H3. The van der Waals surface area contributed by atoms with Crippen LogP contribution in [0.3, 0.4) is 0 Å². The first-order valence-electron chi connectivity index (χ1n) is 4.99. The Balaban J connectivity index is 2.03. The smallest absolute Gasteiger partial charge is 0.257 e. The summed E-state index contributed by atoms with van der Waals surface area (Å²) in [5.74, 6) is 0.758. The number of hydrogen-bond acceptors (Lipinski definition) is 2. The fraction of sp³-hybridized carbons (Fsp3) is 0.545. The zero-order valence-corrected chi connectivity index (χ0v) is 8.56. The molecule has 0 saturated heterocycles. The molecule has 1 amide bonds. The largest absolute Gasteiger partial charge is 0.472 e. The Morgan fingerprint density at radius 3 is 2.86 bits per heavy atom. The second-order valence-corrected chi connectivity index (χ2v) is 4.01. The molecule has 1 aromatic heterocycles. The second kappa shape index (κ2) is 3.48. The summed E-state index contributed by atoms with van der Waals surface area (Å²) in [6.07, 6.45) is 5.54. The lowest BCUT2D eigenvalue weighted by atomic mass is 10.1. The van der Waals surface area contributed by atoms with E-state index in [2.05, 4.69) is 6.92 Å². The SMILES string of the molecule is CC(C1CC1)N(C)C(=O)c1ccoc1. The minimum absolute atomic E-state index is 0.0538. The first kappa shape index (κ1) is 9.31. The lowest BCUT2D eigenvalue weighted by Crippen LogP contribution is -2.36. The third-order valence-electron chi connectivity index (χ3n) is 3.00. The highest BCUT2D eigenvalue weighted by molar-refractivity contribution is 5.93. The van der Waals surface area contributed by atoms with Gasteiger partial charge in [0.2, 0.25) is 0 Å². The first-order valence-corrected chi connectivity index (χ1v) is 4.99. The number of hydrogen-bond donors (Lipinski definition) is 0. The van der Waals surface area contributed by atoms with Gasteiger partial charge in [-0.15, -0.1) is 0 Å². The van der Waals surface area contributed by atoms with Crippen LogP contribution in [0.25, 0.3) is 0 Å². The molecule has 1 heterocycles. The Morgan fingerprint density at radius 2 is 2.36 bits per heavy atom. The van der Waals surface area contributed by atoms with E-state index in [1.165, 1.54) is 25.4 Å². The molecule has 0 bridgehead atoms. The zero-order valence-electron chi connectivity index (χ0n) is 8.56. The molecule has 0 aliphatic heterocycles. The average molecular weight is 193 g/mol. The molecule has 1 aromatic rings.